The number of nitrogens with zero attached hydrogens (tertiary/aromatic N) is 2. The summed E-state index contributed by atoms with van der Waals surface area (Å²) in [5, 5.41) is 7.34. The Labute approximate surface area is 159 Å². The van der Waals surface area contributed by atoms with E-state index in [-0.39, 0.29) is 6.04 Å². The van der Waals surface area contributed by atoms with E-state index in [9.17, 15) is 0 Å². The first kappa shape index (κ1) is 18.2. The van der Waals surface area contributed by atoms with Crippen molar-refractivity contribution in [1.29, 1.82) is 0 Å². The molecule has 134 valence electrons. The second-order valence-corrected chi connectivity index (χ2v) is 6.80. The summed E-state index contributed by atoms with van der Waals surface area (Å²) in [5.41, 5.74) is 3.84. The monoisotopic (exact) mass is 366 g/mol. The number of hydrogen-bond acceptors (Lipinski definition) is 4. The molecule has 0 amide bonds. The van der Waals surface area contributed by atoms with Crippen LogP contribution in [0.25, 0.3) is 11.3 Å². The van der Waals surface area contributed by atoms with Gasteiger partial charge in [0.15, 0.2) is 0 Å². The maximum absolute atomic E-state index is 6.36. The van der Waals surface area contributed by atoms with Crippen LogP contribution >= 0.6 is 11.6 Å². The standard InChI is InChI=1S/C21H23ClN4/c1-4-15(3)23-21-25-19(16-8-6-5-7-9-16)13-20(26-21)24-18-11-10-14(2)12-17(18)22/h5-13,15H,4H2,1-3H3,(H2,23,24,25,26)/t15-/m0/s1. The fourth-order valence-electron chi connectivity index (χ4n) is 2.51. The van der Waals surface area contributed by atoms with Crippen LogP contribution in [0.1, 0.15) is 25.8 Å². The summed E-state index contributed by atoms with van der Waals surface area (Å²) < 4.78 is 0. The highest BCUT2D eigenvalue weighted by atomic mass is 35.5. The predicted molar refractivity (Wildman–Crippen MR) is 110 cm³/mol. The van der Waals surface area contributed by atoms with Gasteiger partial charge in [0.25, 0.3) is 0 Å². The van der Waals surface area contributed by atoms with Gasteiger partial charge in [-0.2, -0.15) is 4.98 Å². The zero-order valence-corrected chi connectivity index (χ0v) is 16.0. The van der Waals surface area contributed by atoms with E-state index >= 15 is 0 Å². The van der Waals surface area contributed by atoms with E-state index in [0.717, 1.165) is 28.9 Å². The Morgan fingerprint density at radius 1 is 1.04 bits per heavy atom. The Balaban J connectivity index is 1.98. The van der Waals surface area contributed by atoms with Crippen molar-refractivity contribution in [3.63, 3.8) is 0 Å². The molecule has 0 unspecified atom stereocenters. The van der Waals surface area contributed by atoms with Crippen molar-refractivity contribution in [1.82, 2.24) is 9.97 Å². The van der Waals surface area contributed by atoms with Crippen molar-refractivity contribution in [3.8, 4) is 11.3 Å². The Hall–Kier alpha value is -2.59. The summed E-state index contributed by atoms with van der Waals surface area (Å²) in [7, 11) is 0. The first-order valence-corrected chi connectivity index (χ1v) is 9.17. The molecule has 4 nitrogen and oxygen atoms in total. The molecule has 1 aromatic heterocycles. The Morgan fingerprint density at radius 2 is 1.81 bits per heavy atom. The lowest BCUT2D eigenvalue weighted by Crippen LogP contribution is -2.16. The van der Waals surface area contributed by atoms with Gasteiger partial charge in [0.1, 0.15) is 5.82 Å². The van der Waals surface area contributed by atoms with Crippen molar-refractivity contribution >= 4 is 29.1 Å². The van der Waals surface area contributed by atoms with Gasteiger partial charge in [0.2, 0.25) is 5.95 Å². The highest BCUT2D eigenvalue weighted by Gasteiger charge is 2.10. The second kappa shape index (κ2) is 8.19. The molecule has 3 rings (SSSR count). The zero-order valence-electron chi connectivity index (χ0n) is 15.3. The summed E-state index contributed by atoms with van der Waals surface area (Å²) in [6, 6.07) is 18.2. The lowest BCUT2D eigenvalue weighted by Gasteiger charge is -2.15. The molecule has 0 radical (unpaired) electrons. The van der Waals surface area contributed by atoms with E-state index < -0.39 is 0 Å². The Bertz CT molecular complexity index is 880. The average Bonchev–Trinajstić information content (AvgIpc) is 2.64. The van der Waals surface area contributed by atoms with E-state index in [1.165, 1.54) is 0 Å². The van der Waals surface area contributed by atoms with Gasteiger partial charge in [-0.15, -0.1) is 0 Å². The van der Waals surface area contributed by atoms with Crippen LogP contribution in [0.4, 0.5) is 17.5 Å². The van der Waals surface area contributed by atoms with E-state index in [4.69, 9.17) is 11.6 Å². The van der Waals surface area contributed by atoms with Crippen LogP contribution in [0.5, 0.6) is 0 Å². The van der Waals surface area contributed by atoms with Crippen molar-refractivity contribution in [2.45, 2.75) is 33.2 Å². The molecule has 2 N–H and O–H groups in total. The first-order chi connectivity index (χ1) is 12.5. The maximum atomic E-state index is 6.36. The molecule has 3 aromatic rings. The van der Waals surface area contributed by atoms with Gasteiger partial charge in [-0.25, -0.2) is 4.98 Å². The molecule has 5 heteroatoms. The summed E-state index contributed by atoms with van der Waals surface area (Å²) in [6.45, 7) is 6.26. The third-order valence-electron chi connectivity index (χ3n) is 4.17. The molecular weight excluding hydrogens is 344 g/mol. The van der Waals surface area contributed by atoms with Gasteiger partial charge in [0, 0.05) is 17.7 Å². The summed E-state index contributed by atoms with van der Waals surface area (Å²) >= 11 is 6.36. The number of aromatic nitrogens is 2. The summed E-state index contributed by atoms with van der Waals surface area (Å²) in [4.78, 5) is 9.29. The number of aryl methyl sites for hydroxylation is 1. The Morgan fingerprint density at radius 3 is 2.50 bits per heavy atom. The fraction of sp³-hybridized carbons (Fsp3) is 0.238. The largest absolute Gasteiger partial charge is 0.352 e. The normalized spacial score (nSPS) is 11.8. The topological polar surface area (TPSA) is 49.8 Å². The molecule has 0 fully saturated rings. The van der Waals surface area contributed by atoms with Gasteiger partial charge < -0.3 is 10.6 Å². The number of hydrogen-bond donors (Lipinski definition) is 2. The van der Waals surface area contributed by atoms with Crippen molar-refractivity contribution in [3.05, 3.63) is 65.2 Å². The minimum atomic E-state index is 0.289. The fourth-order valence-corrected chi connectivity index (χ4v) is 2.80. The van der Waals surface area contributed by atoms with Gasteiger partial charge in [0.05, 0.1) is 16.4 Å². The number of halogens is 1. The number of rotatable bonds is 6. The first-order valence-electron chi connectivity index (χ1n) is 8.79. The molecule has 2 aromatic carbocycles. The van der Waals surface area contributed by atoms with E-state index in [2.05, 4.69) is 34.4 Å². The van der Waals surface area contributed by atoms with Crippen LogP contribution in [0.2, 0.25) is 5.02 Å². The van der Waals surface area contributed by atoms with Crippen molar-refractivity contribution < 1.29 is 0 Å². The molecule has 1 atom stereocenters. The van der Waals surface area contributed by atoms with Gasteiger partial charge in [-0.05, 0) is 38.0 Å². The third kappa shape index (κ3) is 4.52. The van der Waals surface area contributed by atoms with E-state index in [1.807, 2.05) is 61.5 Å². The number of anilines is 3. The van der Waals surface area contributed by atoms with Crippen molar-refractivity contribution in [2.75, 3.05) is 10.6 Å². The minimum Gasteiger partial charge on any atom is -0.352 e. The quantitative estimate of drug-likeness (QED) is 0.556. The van der Waals surface area contributed by atoms with Crippen LogP contribution in [-0.2, 0) is 0 Å². The molecule has 1 heterocycles. The number of nitrogens with one attached hydrogen (secondary N) is 2. The molecular formula is C21H23ClN4. The van der Waals surface area contributed by atoms with Gasteiger partial charge in [-0.1, -0.05) is 54.9 Å². The van der Waals surface area contributed by atoms with E-state index in [0.29, 0.717) is 16.8 Å². The molecule has 0 bridgehead atoms. The predicted octanol–water partition coefficient (Wildman–Crippen LogP) is 6.06. The lowest BCUT2D eigenvalue weighted by molar-refractivity contribution is 0.753. The van der Waals surface area contributed by atoms with Crippen LogP contribution in [-0.4, -0.2) is 16.0 Å². The SMILES string of the molecule is CC[C@H](C)Nc1nc(Nc2ccc(C)cc2Cl)cc(-c2ccccc2)n1. The second-order valence-electron chi connectivity index (χ2n) is 6.39. The van der Waals surface area contributed by atoms with Gasteiger partial charge in [-0.3, -0.25) is 0 Å². The third-order valence-corrected chi connectivity index (χ3v) is 4.48. The summed E-state index contributed by atoms with van der Waals surface area (Å²) in [6.07, 6.45) is 0.992. The lowest BCUT2D eigenvalue weighted by atomic mass is 10.1. The van der Waals surface area contributed by atoms with Crippen LogP contribution in [0.3, 0.4) is 0 Å². The molecule has 0 saturated carbocycles. The van der Waals surface area contributed by atoms with Crippen LogP contribution < -0.4 is 10.6 Å². The molecule has 0 aliphatic carbocycles. The van der Waals surface area contributed by atoms with Crippen LogP contribution in [0.15, 0.2) is 54.6 Å². The van der Waals surface area contributed by atoms with E-state index in [1.54, 1.807) is 0 Å². The van der Waals surface area contributed by atoms with Crippen LogP contribution in [0, 0.1) is 6.92 Å². The molecule has 0 saturated heterocycles. The zero-order chi connectivity index (χ0) is 18.5. The molecule has 0 spiro atoms. The smallest absolute Gasteiger partial charge is 0.225 e. The number of benzene rings is 2. The highest BCUT2D eigenvalue weighted by molar-refractivity contribution is 6.33. The summed E-state index contributed by atoms with van der Waals surface area (Å²) in [5.74, 6) is 1.31. The highest BCUT2D eigenvalue weighted by Crippen LogP contribution is 2.28. The maximum Gasteiger partial charge on any atom is 0.225 e. The van der Waals surface area contributed by atoms with Gasteiger partial charge >= 0.3 is 0 Å². The minimum absolute atomic E-state index is 0.289. The Kier molecular flexibility index (Phi) is 5.74. The molecule has 26 heavy (non-hydrogen) atoms. The van der Waals surface area contributed by atoms with Crippen molar-refractivity contribution in [2.24, 2.45) is 0 Å². The average molecular weight is 367 g/mol. The molecule has 0 aliphatic heterocycles. The molecule has 0 aliphatic rings.